The molecule has 0 amide bonds. The number of fused-ring (bicyclic) bond motifs is 4. The fourth-order valence-corrected chi connectivity index (χ4v) is 7.65. The van der Waals surface area contributed by atoms with E-state index in [0.29, 0.717) is 35.1 Å². The van der Waals surface area contributed by atoms with E-state index in [4.69, 9.17) is 0 Å². The number of hydrogen-bond donors (Lipinski definition) is 2. The summed E-state index contributed by atoms with van der Waals surface area (Å²) in [7, 11) is 0. The molecule has 24 heavy (non-hydrogen) atoms. The third-order valence-corrected chi connectivity index (χ3v) is 8.69. The molecule has 130 valence electrons. The first-order valence-corrected chi connectivity index (χ1v) is 9.81. The predicted molar refractivity (Wildman–Crippen MR) is 93.3 cm³/mol. The highest BCUT2D eigenvalue weighted by molar-refractivity contribution is 6.01. The standard InChI is InChI=1S/C21H29NO2/c1-12-17-10-18(24)19-15-4-3-13-9-14(23)5-7-20(13,2)16(15)6-8-21(17,19)11-22-12/h5,7,9,12,15-19,22,24H,3-4,6,8,10-11H2,1-2H3. The smallest absolute Gasteiger partial charge is 0.178 e. The number of rotatable bonds is 0. The summed E-state index contributed by atoms with van der Waals surface area (Å²) in [5, 5.41) is 14.7. The van der Waals surface area contributed by atoms with E-state index in [1.807, 2.05) is 6.08 Å². The third kappa shape index (κ3) is 1.73. The number of allylic oxidation sites excluding steroid dienone is 4. The Morgan fingerprint density at radius 2 is 2.12 bits per heavy atom. The van der Waals surface area contributed by atoms with Crippen molar-refractivity contribution in [2.24, 2.45) is 34.5 Å². The first kappa shape index (κ1) is 15.3. The second-order valence-electron chi connectivity index (χ2n) is 9.37. The average Bonchev–Trinajstić information content (AvgIpc) is 3.02. The van der Waals surface area contributed by atoms with Crippen molar-refractivity contribution in [2.75, 3.05) is 6.54 Å². The molecular weight excluding hydrogens is 298 g/mol. The summed E-state index contributed by atoms with van der Waals surface area (Å²) in [6.45, 7) is 5.74. The van der Waals surface area contributed by atoms with E-state index < -0.39 is 0 Å². The van der Waals surface area contributed by atoms with Crippen molar-refractivity contribution in [1.82, 2.24) is 5.32 Å². The van der Waals surface area contributed by atoms with Crippen molar-refractivity contribution >= 4 is 5.78 Å². The van der Waals surface area contributed by atoms with Crippen molar-refractivity contribution in [3.8, 4) is 0 Å². The molecule has 5 aliphatic rings. The number of nitrogens with one attached hydrogen (secondary N) is 1. The van der Waals surface area contributed by atoms with Crippen LogP contribution in [0.2, 0.25) is 0 Å². The summed E-state index contributed by atoms with van der Waals surface area (Å²) in [6.07, 6.45) is 11.4. The van der Waals surface area contributed by atoms with Crippen molar-refractivity contribution in [3.63, 3.8) is 0 Å². The summed E-state index contributed by atoms with van der Waals surface area (Å²) in [4.78, 5) is 11.8. The van der Waals surface area contributed by atoms with E-state index in [0.717, 1.165) is 25.8 Å². The van der Waals surface area contributed by atoms with Crippen molar-refractivity contribution in [1.29, 1.82) is 0 Å². The highest BCUT2D eigenvalue weighted by atomic mass is 16.3. The van der Waals surface area contributed by atoms with Crippen LogP contribution in [0.1, 0.15) is 46.0 Å². The molecule has 3 nitrogen and oxygen atoms in total. The molecule has 4 aliphatic carbocycles. The molecule has 0 bridgehead atoms. The Hall–Kier alpha value is -0.930. The lowest BCUT2D eigenvalue weighted by Crippen LogP contribution is -2.53. The van der Waals surface area contributed by atoms with Gasteiger partial charge in [-0.3, -0.25) is 4.79 Å². The molecule has 1 heterocycles. The Labute approximate surface area is 144 Å². The van der Waals surface area contributed by atoms with E-state index in [9.17, 15) is 9.90 Å². The van der Waals surface area contributed by atoms with E-state index in [1.165, 1.54) is 18.4 Å². The van der Waals surface area contributed by atoms with Crippen LogP contribution in [-0.4, -0.2) is 29.6 Å². The zero-order valence-electron chi connectivity index (χ0n) is 14.8. The van der Waals surface area contributed by atoms with Gasteiger partial charge in [-0.05, 0) is 80.3 Å². The molecule has 4 fully saturated rings. The summed E-state index contributed by atoms with van der Waals surface area (Å²) in [6, 6.07) is 0.544. The molecule has 3 saturated carbocycles. The first-order valence-electron chi connectivity index (χ1n) is 9.81. The predicted octanol–water partition coefficient (Wildman–Crippen LogP) is 2.85. The molecule has 3 heteroatoms. The number of hydrogen-bond acceptors (Lipinski definition) is 3. The Bertz CT molecular complexity index is 652. The van der Waals surface area contributed by atoms with E-state index in [2.05, 4.69) is 25.2 Å². The topological polar surface area (TPSA) is 49.3 Å². The fourth-order valence-electron chi connectivity index (χ4n) is 7.65. The Kier molecular flexibility index (Phi) is 3.08. The van der Waals surface area contributed by atoms with Gasteiger partial charge in [-0.15, -0.1) is 0 Å². The molecule has 5 rings (SSSR count). The molecule has 0 radical (unpaired) electrons. The Morgan fingerprint density at radius 1 is 1.29 bits per heavy atom. The third-order valence-electron chi connectivity index (χ3n) is 8.69. The lowest BCUT2D eigenvalue weighted by molar-refractivity contribution is -0.111. The molecule has 0 aromatic carbocycles. The zero-order chi connectivity index (χ0) is 16.7. The normalized spacial score (nSPS) is 55.5. The van der Waals surface area contributed by atoms with Crippen LogP contribution in [-0.2, 0) is 4.79 Å². The SMILES string of the molecule is CC1NCC23CCC4C(CCC5=CC(=O)C=CC54C)C2C(O)CC13. The van der Waals surface area contributed by atoms with Gasteiger partial charge < -0.3 is 10.4 Å². The Morgan fingerprint density at radius 3 is 2.96 bits per heavy atom. The van der Waals surface area contributed by atoms with Crippen LogP contribution < -0.4 is 5.32 Å². The van der Waals surface area contributed by atoms with Crippen LogP contribution in [0.3, 0.4) is 0 Å². The summed E-state index contributed by atoms with van der Waals surface area (Å²) in [5.41, 5.74) is 1.70. The maximum Gasteiger partial charge on any atom is 0.178 e. The van der Waals surface area contributed by atoms with Gasteiger partial charge in [-0.1, -0.05) is 18.6 Å². The van der Waals surface area contributed by atoms with Crippen LogP contribution in [0.4, 0.5) is 0 Å². The summed E-state index contributed by atoms with van der Waals surface area (Å²) < 4.78 is 0. The maximum absolute atomic E-state index is 11.8. The van der Waals surface area contributed by atoms with Gasteiger partial charge >= 0.3 is 0 Å². The Balaban J connectivity index is 1.54. The fraction of sp³-hybridized carbons (Fsp3) is 0.762. The quantitative estimate of drug-likeness (QED) is 0.719. The molecule has 1 spiro atoms. The first-order chi connectivity index (χ1) is 11.5. The van der Waals surface area contributed by atoms with Crippen molar-refractivity contribution < 1.29 is 9.90 Å². The van der Waals surface area contributed by atoms with Gasteiger partial charge in [0.1, 0.15) is 0 Å². The maximum atomic E-state index is 11.8. The lowest BCUT2D eigenvalue weighted by atomic mass is 9.47. The molecule has 0 aromatic rings. The minimum absolute atomic E-state index is 0.0356. The van der Waals surface area contributed by atoms with E-state index in [1.54, 1.807) is 6.08 Å². The van der Waals surface area contributed by atoms with Gasteiger partial charge in [0.05, 0.1) is 6.10 Å². The molecular formula is C21H29NO2. The molecule has 1 aliphatic heterocycles. The van der Waals surface area contributed by atoms with Crippen LogP contribution in [0.15, 0.2) is 23.8 Å². The molecule has 2 N–H and O–H groups in total. The van der Waals surface area contributed by atoms with Gasteiger partial charge in [-0.2, -0.15) is 0 Å². The minimum Gasteiger partial charge on any atom is -0.393 e. The number of aliphatic hydroxyl groups is 1. The van der Waals surface area contributed by atoms with Gasteiger partial charge in [-0.25, -0.2) is 0 Å². The largest absolute Gasteiger partial charge is 0.393 e. The van der Waals surface area contributed by atoms with E-state index >= 15 is 0 Å². The number of aliphatic hydroxyl groups excluding tert-OH is 1. The number of carbonyl (C=O) groups excluding carboxylic acids is 1. The van der Waals surface area contributed by atoms with Crippen LogP contribution in [0.25, 0.3) is 0 Å². The van der Waals surface area contributed by atoms with Crippen molar-refractivity contribution in [3.05, 3.63) is 23.8 Å². The highest BCUT2D eigenvalue weighted by Crippen LogP contribution is 2.67. The van der Waals surface area contributed by atoms with Gasteiger partial charge in [0.2, 0.25) is 0 Å². The number of carbonyl (C=O) groups is 1. The zero-order valence-corrected chi connectivity index (χ0v) is 14.8. The highest BCUT2D eigenvalue weighted by Gasteiger charge is 2.65. The van der Waals surface area contributed by atoms with Gasteiger partial charge in [0.25, 0.3) is 0 Å². The summed E-state index contributed by atoms with van der Waals surface area (Å²) in [5.74, 6) is 2.44. The van der Waals surface area contributed by atoms with Gasteiger partial charge in [0.15, 0.2) is 5.78 Å². The van der Waals surface area contributed by atoms with Crippen LogP contribution in [0.5, 0.6) is 0 Å². The lowest BCUT2D eigenvalue weighted by Gasteiger charge is -2.57. The van der Waals surface area contributed by atoms with E-state index in [-0.39, 0.29) is 17.3 Å². The van der Waals surface area contributed by atoms with Crippen LogP contribution >= 0.6 is 0 Å². The molecule has 8 unspecified atom stereocenters. The molecule has 1 saturated heterocycles. The molecule has 8 atom stereocenters. The van der Waals surface area contributed by atoms with Gasteiger partial charge in [0, 0.05) is 18.0 Å². The molecule has 0 aromatic heterocycles. The van der Waals surface area contributed by atoms with Crippen LogP contribution in [0, 0.1) is 34.5 Å². The number of ketones is 1. The minimum atomic E-state index is -0.129. The second kappa shape index (κ2) is 4.82. The second-order valence-corrected chi connectivity index (χ2v) is 9.37. The van der Waals surface area contributed by atoms with Crippen molar-refractivity contribution in [2.45, 2.75) is 58.1 Å². The monoisotopic (exact) mass is 327 g/mol. The summed E-state index contributed by atoms with van der Waals surface area (Å²) >= 11 is 0. The average molecular weight is 327 g/mol.